The normalized spacial score (nSPS) is 11.2. The van der Waals surface area contributed by atoms with Gasteiger partial charge in [-0.05, 0) is 23.8 Å². The van der Waals surface area contributed by atoms with E-state index in [-0.39, 0.29) is 0 Å². The van der Waals surface area contributed by atoms with Gasteiger partial charge in [0.1, 0.15) is 18.0 Å². The Morgan fingerprint density at radius 3 is 2.35 bits per heavy atom. The second-order valence-corrected chi connectivity index (χ2v) is 5.63. The molecule has 0 aliphatic rings. The lowest BCUT2D eigenvalue weighted by Gasteiger charge is -2.25. The predicted octanol–water partition coefficient (Wildman–Crippen LogP) is 3.27. The number of carbonyl (C=O) groups excluding carboxylic acids is 1. The minimum Gasteiger partial charge on any atom is -0.489 e. The zero-order valence-electron chi connectivity index (χ0n) is 12.2. The smallest absolute Gasteiger partial charge is 0.156 e. The Labute approximate surface area is 120 Å². The topological polar surface area (TPSA) is 26.3 Å². The molecule has 0 saturated heterocycles. The van der Waals surface area contributed by atoms with Crippen LogP contribution in [0.1, 0.15) is 15.9 Å². The second kappa shape index (κ2) is 5.88. The molecule has 0 aliphatic carbocycles. The summed E-state index contributed by atoms with van der Waals surface area (Å²) in [6, 6.07) is 15.5. The summed E-state index contributed by atoms with van der Waals surface area (Å²) in [5.74, 6) is 0.846. The van der Waals surface area contributed by atoms with Gasteiger partial charge in [0.2, 0.25) is 0 Å². The molecular weight excluding hydrogens is 250 g/mol. The van der Waals surface area contributed by atoms with Crippen molar-refractivity contribution < 1.29 is 9.53 Å². The minimum atomic E-state index is 0.496. The average Bonchev–Trinajstić information content (AvgIpc) is 2.45. The second-order valence-electron chi connectivity index (χ2n) is 5.63. The molecule has 0 fully saturated rings. The molecular formula is C17H20NO2+. The van der Waals surface area contributed by atoms with Gasteiger partial charge in [0.05, 0.1) is 26.7 Å². The highest BCUT2D eigenvalue weighted by molar-refractivity contribution is 5.83. The highest BCUT2D eigenvalue weighted by Crippen LogP contribution is 2.24. The predicted molar refractivity (Wildman–Crippen MR) is 82.2 cm³/mol. The van der Waals surface area contributed by atoms with E-state index in [0.717, 1.165) is 28.8 Å². The highest BCUT2D eigenvalue weighted by atomic mass is 16.5. The largest absolute Gasteiger partial charge is 0.489 e. The van der Waals surface area contributed by atoms with Gasteiger partial charge in [-0.3, -0.25) is 9.28 Å². The Morgan fingerprint density at radius 2 is 1.75 bits per heavy atom. The molecule has 0 spiro atoms. The number of hydrogen-bond donors (Lipinski definition) is 0. The molecule has 2 rings (SSSR count). The molecule has 0 amide bonds. The lowest BCUT2D eigenvalue weighted by molar-refractivity contribution is 0.112. The van der Waals surface area contributed by atoms with Gasteiger partial charge in [-0.1, -0.05) is 24.3 Å². The molecule has 0 aliphatic heterocycles. The Kier molecular flexibility index (Phi) is 4.20. The van der Waals surface area contributed by atoms with Crippen LogP contribution in [0.25, 0.3) is 0 Å². The van der Waals surface area contributed by atoms with Gasteiger partial charge in [-0.25, -0.2) is 0 Å². The van der Waals surface area contributed by atoms with E-state index in [1.54, 1.807) is 0 Å². The molecule has 104 valence electrons. The first kappa shape index (κ1) is 14.3. The van der Waals surface area contributed by atoms with Crippen molar-refractivity contribution in [1.82, 2.24) is 4.48 Å². The molecule has 3 nitrogen and oxygen atoms in total. The van der Waals surface area contributed by atoms with Crippen LogP contribution in [0.15, 0.2) is 48.5 Å². The summed E-state index contributed by atoms with van der Waals surface area (Å²) >= 11 is 0. The van der Waals surface area contributed by atoms with Gasteiger partial charge in [0.15, 0.2) is 6.29 Å². The van der Waals surface area contributed by atoms with Gasteiger partial charge in [0, 0.05) is 6.07 Å². The van der Waals surface area contributed by atoms with Crippen molar-refractivity contribution in [2.45, 2.75) is 6.61 Å². The monoisotopic (exact) mass is 270 g/mol. The van der Waals surface area contributed by atoms with E-state index < -0.39 is 0 Å². The fraction of sp³-hybridized carbons (Fsp3) is 0.235. The molecule has 0 aromatic heterocycles. The van der Waals surface area contributed by atoms with Crippen molar-refractivity contribution in [3.05, 3.63) is 59.7 Å². The molecule has 0 N–H and O–H groups in total. The summed E-state index contributed by atoms with van der Waals surface area (Å²) in [6.45, 7) is 0.496. The summed E-state index contributed by atoms with van der Waals surface area (Å²) in [4.78, 5) is 11.1. The maximum absolute atomic E-state index is 11.1. The molecule has 0 heterocycles. The zero-order chi connectivity index (χ0) is 14.6. The first-order valence-electron chi connectivity index (χ1n) is 6.58. The minimum absolute atomic E-state index is 0.496. The summed E-state index contributed by atoms with van der Waals surface area (Å²) in [5.41, 5.74) is 2.78. The van der Waals surface area contributed by atoms with Gasteiger partial charge >= 0.3 is 0 Å². The van der Waals surface area contributed by atoms with E-state index in [1.807, 2.05) is 69.7 Å². The fourth-order valence-electron chi connectivity index (χ4n) is 2.04. The van der Waals surface area contributed by atoms with Crippen LogP contribution < -0.4 is 9.22 Å². The molecule has 0 bridgehead atoms. The van der Waals surface area contributed by atoms with Crippen molar-refractivity contribution in [2.24, 2.45) is 0 Å². The van der Waals surface area contributed by atoms with E-state index in [1.165, 1.54) is 0 Å². The van der Waals surface area contributed by atoms with E-state index in [0.29, 0.717) is 11.1 Å². The Morgan fingerprint density at radius 1 is 1.05 bits per heavy atom. The van der Waals surface area contributed by atoms with Crippen LogP contribution in [0.2, 0.25) is 0 Å². The quantitative estimate of drug-likeness (QED) is 0.615. The summed E-state index contributed by atoms with van der Waals surface area (Å²) < 4.78 is 6.34. The first-order valence-corrected chi connectivity index (χ1v) is 6.58. The molecule has 0 radical (unpaired) electrons. The maximum Gasteiger partial charge on any atom is 0.156 e. The Hall–Kier alpha value is -2.13. The number of hydrogen-bond acceptors (Lipinski definition) is 2. The van der Waals surface area contributed by atoms with Crippen molar-refractivity contribution in [2.75, 3.05) is 21.1 Å². The molecule has 3 heteroatoms. The number of para-hydroxylation sites is 1. The van der Waals surface area contributed by atoms with Gasteiger partial charge < -0.3 is 4.74 Å². The summed E-state index contributed by atoms with van der Waals surface area (Å²) in [7, 11) is 6.14. The first-order chi connectivity index (χ1) is 9.50. The van der Waals surface area contributed by atoms with E-state index >= 15 is 0 Å². The standard InChI is InChI=1S/C17H20NO2/c1-18(2,3)17-11-14(9-10-15(17)12-19)13-20-16-7-5-4-6-8-16/h4-12H,13H2,1-3H3/q+1. The average molecular weight is 270 g/mol. The number of aldehydes is 1. The van der Waals surface area contributed by atoms with E-state index in [9.17, 15) is 4.79 Å². The van der Waals surface area contributed by atoms with Crippen LogP contribution in [0.4, 0.5) is 5.69 Å². The van der Waals surface area contributed by atoms with Crippen LogP contribution in [0.5, 0.6) is 5.75 Å². The van der Waals surface area contributed by atoms with Crippen LogP contribution in [-0.2, 0) is 6.61 Å². The van der Waals surface area contributed by atoms with Crippen molar-refractivity contribution in [3.63, 3.8) is 0 Å². The van der Waals surface area contributed by atoms with Crippen molar-refractivity contribution in [1.29, 1.82) is 0 Å². The fourth-order valence-corrected chi connectivity index (χ4v) is 2.04. The molecule has 2 aromatic carbocycles. The Balaban J connectivity index is 2.19. The van der Waals surface area contributed by atoms with Gasteiger partial charge in [-0.15, -0.1) is 0 Å². The molecule has 0 saturated carbocycles. The van der Waals surface area contributed by atoms with Gasteiger partial charge in [0.25, 0.3) is 0 Å². The third-order valence-corrected chi connectivity index (χ3v) is 3.09. The zero-order valence-corrected chi connectivity index (χ0v) is 12.2. The summed E-state index contributed by atoms with van der Waals surface area (Å²) in [5, 5.41) is 0. The molecule has 20 heavy (non-hydrogen) atoms. The van der Waals surface area contributed by atoms with Crippen molar-refractivity contribution in [3.8, 4) is 5.75 Å². The number of rotatable bonds is 5. The highest BCUT2D eigenvalue weighted by Gasteiger charge is 2.18. The number of carbonyl (C=O) groups is 1. The number of nitrogens with zero attached hydrogens (tertiary/aromatic N) is 1. The van der Waals surface area contributed by atoms with E-state index in [4.69, 9.17) is 4.74 Å². The van der Waals surface area contributed by atoms with Crippen LogP contribution >= 0.6 is 0 Å². The lowest BCUT2D eigenvalue weighted by atomic mass is 10.1. The summed E-state index contributed by atoms with van der Waals surface area (Å²) in [6.07, 6.45) is 0.903. The van der Waals surface area contributed by atoms with E-state index in [2.05, 4.69) is 0 Å². The number of quaternary nitrogens is 1. The lowest BCUT2D eigenvalue weighted by Crippen LogP contribution is -2.35. The SMILES string of the molecule is C[N+](C)(C)c1cc(COc2ccccc2)ccc1C=O. The number of benzene rings is 2. The van der Waals surface area contributed by atoms with Crippen LogP contribution in [0, 0.1) is 0 Å². The van der Waals surface area contributed by atoms with Crippen molar-refractivity contribution >= 4 is 12.0 Å². The maximum atomic E-state index is 11.1. The van der Waals surface area contributed by atoms with Crippen LogP contribution in [0.3, 0.4) is 0 Å². The molecule has 0 unspecified atom stereocenters. The third kappa shape index (κ3) is 3.45. The number of ether oxygens (including phenoxy) is 1. The van der Waals surface area contributed by atoms with Gasteiger partial charge in [-0.2, -0.15) is 0 Å². The molecule has 2 aromatic rings. The third-order valence-electron chi connectivity index (χ3n) is 3.09. The Bertz CT molecular complexity index is 586. The molecule has 0 atom stereocenters. The van der Waals surface area contributed by atoms with Crippen LogP contribution in [-0.4, -0.2) is 27.4 Å².